The number of aromatic nitrogens is 2. The second-order valence-corrected chi connectivity index (χ2v) is 6.83. The van der Waals surface area contributed by atoms with E-state index in [0.29, 0.717) is 49.4 Å². The average molecular weight is 355 g/mol. The molecule has 2 aromatic rings. The molecule has 2 aliphatic rings. The summed E-state index contributed by atoms with van der Waals surface area (Å²) in [6.45, 7) is 4.64. The molecule has 0 atom stereocenters. The standard InChI is InChI=1S/C19H22FN5O/c1-13-21-16(19(26)23-14-6-7-14)12-18(22-13)25-10-8-24(9-11-25)17-5-3-2-4-15(17)20/h2-5,12,14H,6-11H2,1H3,(H,23,26). The Kier molecular flexibility index (Phi) is 4.44. The molecule has 1 saturated carbocycles. The van der Waals surface area contributed by atoms with E-state index in [2.05, 4.69) is 20.2 Å². The summed E-state index contributed by atoms with van der Waals surface area (Å²) in [6, 6.07) is 8.89. The van der Waals surface area contributed by atoms with Gasteiger partial charge in [-0.3, -0.25) is 4.79 Å². The van der Waals surface area contributed by atoms with E-state index < -0.39 is 0 Å². The molecule has 1 N–H and O–H groups in total. The van der Waals surface area contributed by atoms with Gasteiger partial charge in [-0.05, 0) is 31.9 Å². The number of carbonyl (C=O) groups is 1. The van der Waals surface area contributed by atoms with Gasteiger partial charge in [-0.2, -0.15) is 0 Å². The molecule has 1 aromatic heterocycles. The molecule has 1 aliphatic carbocycles. The maximum absolute atomic E-state index is 14.0. The van der Waals surface area contributed by atoms with Crippen LogP contribution >= 0.6 is 0 Å². The molecule has 0 unspecified atom stereocenters. The van der Waals surface area contributed by atoms with Gasteiger partial charge in [0, 0.05) is 38.3 Å². The van der Waals surface area contributed by atoms with Crippen molar-refractivity contribution in [2.24, 2.45) is 0 Å². The van der Waals surface area contributed by atoms with Crippen molar-refractivity contribution >= 4 is 17.4 Å². The number of halogens is 1. The number of aryl methyl sites for hydroxylation is 1. The first-order valence-electron chi connectivity index (χ1n) is 9.01. The van der Waals surface area contributed by atoms with Crippen LogP contribution in [-0.2, 0) is 0 Å². The molecule has 26 heavy (non-hydrogen) atoms. The first-order chi connectivity index (χ1) is 12.6. The summed E-state index contributed by atoms with van der Waals surface area (Å²) in [7, 11) is 0. The molecule has 7 heteroatoms. The summed E-state index contributed by atoms with van der Waals surface area (Å²) in [4.78, 5) is 25.2. The molecular formula is C19H22FN5O. The number of hydrogen-bond donors (Lipinski definition) is 1. The van der Waals surface area contributed by atoms with Gasteiger partial charge >= 0.3 is 0 Å². The van der Waals surface area contributed by atoms with Crippen LogP contribution in [0.2, 0.25) is 0 Å². The fourth-order valence-corrected chi connectivity index (χ4v) is 3.20. The molecule has 6 nitrogen and oxygen atoms in total. The highest BCUT2D eigenvalue weighted by molar-refractivity contribution is 5.93. The highest BCUT2D eigenvalue weighted by Gasteiger charge is 2.26. The van der Waals surface area contributed by atoms with Crippen molar-refractivity contribution in [2.75, 3.05) is 36.0 Å². The van der Waals surface area contributed by atoms with Gasteiger partial charge in [-0.15, -0.1) is 0 Å². The minimum absolute atomic E-state index is 0.135. The lowest BCUT2D eigenvalue weighted by Crippen LogP contribution is -2.47. The predicted molar refractivity (Wildman–Crippen MR) is 98.1 cm³/mol. The molecule has 1 amide bonds. The number of nitrogens with zero attached hydrogens (tertiary/aromatic N) is 4. The quantitative estimate of drug-likeness (QED) is 0.911. The molecule has 0 spiro atoms. The van der Waals surface area contributed by atoms with Crippen LogP contribution in [0.15, 0.2) is 30.3 Å². The first kappa shape index (κ1) is 16.8. The number of benzene rings is 1. The summed E-state index contributed by atoms with van der Waals surface area (Å²) in [5, 5.41) is 2.96. The second-order valence-electron chi connectivity index (χ2n) is 6.83. The Morgan fingerprint density at radius 3 is 2.50 bits per heavy atom. The van der Waals surface area contributed by atoms with Crippen LogP contribution in [0, 0.1) is 12.7 Å². The molecule has 1 aliphatic heterocycles. The average Bonchev–Trinajstić information content (AvgIpc) is 3.46. The van der Waals surface area contributed by atoms with Crippen molar-refractivity contribution in [1.29, 1.82) is 0 Å². The molecule has 2 fully saturated rings. The third kappa shape index (κ3) is 3.61. The molecular weight excluding hydrogens is 333 g/mol. The number of amides is 1. The Hall–Kier alpha value is -2.70. The zero-order valence-corrected chi connectivity index (χ0v) is 14.8. The second kappa shape index (κ2) is 6.90. The number of anilines is 2. The summed E-state index contributed by atoms with van der Waals surface area (Å²) >= 11 is 0. The van der Waals surface area contributed by atoms with Gasteiger partial charge in [0.15, 0.2) is 0 Å². The maximum atomic E-state index is 14.0. The SMILES string of the molecule is Cc1nc(C(=O)NC2CC2)cc(N2CCN(c3ccccc3F)CC2)n1. The van der Waals surface area contributed by atoms with Gasteiger partial charge in [-0.1, -0.05) is 12.1 Å². The van der Waals surface area contributed by atoms with Crippen LogP contribution in [0.25, 0.3) is 0 Å². The summed E-state index contributed by atoms with van der Waals surface area (Å²) < 4.78 is 14.0. The molecule has 4 rings (SSSR count). The molecule has 2 heterocycles. The van der Waals surface area contributed by atoms with Gasteiger partial charge in [0.1, 0.15) is 23.2 Å². The van der Waals surface area contributed by atoms with E-state index in [4.69, 9.17) is 0 Å². The van der Waals surface area contributed by atoms with E-state index >= 15 is 0 Å². The van der Waals surface area contributed by atoms with E-state index in [9.17, 15) is 9.18 Å². The van der Waals surface area contributed by atoms with E-state index in [1.54, 1.807) is 25.1 Å². The van der Waals surface area contributed by atoms with Gasteiger partial charge < -0.3 is 15.1 Å². The van der Waals surface area contributed by atoms with Crippen molar-refractivity contribution < 1.29 is 9.18 Å². The van der Waals surface area contributed by atoms with Crippen LogP contribution in [0.5, 0.6) is 0 Å². The highest BCUT2D eigenvalue weighted by Crippen LogP contribution is 2.23. The first-order valence-corrected chi connectivity index (χ1v) is 9.01. The van der Waals surface area contributed by atoms with Crippen LogP contribution in [-0.4, -0.2) is 48.1 Å². The molecule has 136 valence electrons. The Bertz CT molecular complexity index is 815. The van der Waals surface area contributed by atoms with Crippen molar-refractivity contribution in [2.45, 2.75) is 25.8 Å². The van der Waals surface area contributed by atoms with Gasteiger partial charge in [0.05, 0.1) is 5.69 Å². The van der Waals surface area contributed by atoms with Crippen molar-refractivity contribution in [1.82, 2.24) is 15.3 Å². The van der Waals surface area contributed by atoms with Gasteiger partial charge in [-0.25, -0.2) is 14.4 Å². The lowest BCUT2D eigenvalue weighted by atomic mass is 10.2. The Morgan fingerprint density at radius 1 is 1.12 bits per heavy atom. The lowest BCUT2D eigenvalue weighted by molar-refractivity contribution is 0.0945. The lowest BCUT2D eigenvalue weighted by Gasteiger charge is -2.36. The zero-order chi connectivity index (χ0) is 18.1. The van der Waals surface area contributed by atoms with Crippen LogP contribution in [0.4, 0.5) is 15.9 Å². The Morgan fingerprint density at radius 2 is 1.81 bits per heavy atom. The smallest absolute Gasteiger partial charge is 0.270 e. The fraction of sp³-hybridized carbons (Fsp3) is 0.421. The summed E-state index contributed by atoms with van der Waals surface area (Å²) in [6.07, 6.45) is 2.08. The van der Waals surface area contributed by atoms with E-state index in [0.717, 1.165) is 18.7 Å². The predicted octanol–water partition coefficient (Wildman–Crippen LogP) is 2.14. The molecule has 1 aromatic carbocycles. The largest absolute Gasteiger partial charge is 0.366 e. The molecule has 1 saturated heterocycles. The van der Waals surface area contributed by atoms with E-state index in [-0.39, 0.29) is 11.7 Å². The van der Waals surface area contributed by atoms with Crippen LogP contribution in [0.3, 0.4) is 0 Å². The van der Waals surface area contributed by atoms with Gasteiger partial charge in [0.2, 0.25) is 0 Å². The van der Waals surface area contributed by atoms with Crippen LogP contribution in [0.1, 0.15) is 29.2 Å². The fourth-order valence-electron chi connectivity index (χ4n) is 3.20. The topological polar surface area (TPSA) is 61.4 Å². The van der Waals surface area contributed by atoms with Crippen molar-refractivity contribution in [3.63, 3.8) is 0 Å². The third-order valence-corrected chi connectivity index (χ3v) is 4.77. The molecule has 0 bridgehead atoms. The number of rotatable bonds is 4. The highest BCUT2D eigenvalue weighted by atomic mass is 19.1. The van der Waals surface area contributed by atoms with E-state index in [1.165, 1.54) is 6.07 Å². The van der Waals surface area contributed by atoms with Gasteiger partial charge in [0.25, 0.3) is 5.91 Å². The number of nitrogens with one attached hydrogen (secondary N) is 1. The number of para-hydroxylation sites is 1. The normalized spacial score (nSPS) is 17.3. The van der Waals surface area contributed by atoms with Crippen molar-refractivity contribution in [3.8, 4) is 0 Å². The van der Waals surface area contributed by atoms with Crippen molar-refractivity contribution in [3.05, 3.63) is 47.7 Å². The summed E-state index contributed by atoms with van der Waals surface area (Å²) in [5.74, 6) is 1.01. The zero-order valence-electron chi connectivity index (χ0n) is 14.8. The summed E-state index contributed by atoms with van der Waals surface area (Å²) in [5.41, 5.74) is 1.05. The number of piperazine rings is 1. The monoisotopic (exact) mass is 355 g/mol. The minimum atomic E-state index is -0.196. The Balaban J connectivity index is 1.46. The molecule has 0 radical (unpaired) electrons. The minimum Gasteiger partial charge on any atom is -0.366 e. The Labute approximate surface area is 152 Å². The number of hydrogen-bond acceptors (Lipinski definition) is 5. The third-order valence-electron chi connectivity index (χ3n) is 4.77. The maximum Gasteiger partial charge on any atom is 0.270 e. The van der Waals surface area contributed by atoms with Crippen LogP contribution < -0.4 is 15.1 Å². The number of carbonyl (C=O) groups excluding carboxylic acids is 1. The van der Waals surface area contributed by atoms with E-state index in [1.807, 2.05) is 11.0 Å².